The van der Waals surface area contributed by atoms with Crippen LogP contribution in [0, 0.1) is 0 Å². The Morgan fingerprint density at radius 3 is 2.44 bits per heavy atom. The van der Waals surface area contributed by atoms with Gasteiger partial charge in [0, 0.05) is 30.1 Å². The average Bonchev–Trinajstić information content (AvgIpc) is 2.81. The van der Waals surface area contributed by atoms with Gasteiger partial charge >= 0.3 is 0 Å². The number of nitrogens with one attached hydrogen (secondary N) is 2. The quantitative estimate of drug-likeness (QED) is 0.325. The number of hydrogen-bond acceptors (Lipinski definition) is 7. The number of ether oxygens (including phenoxy) is 1. The lowest BCUT2D eigenvalue weighted by molar-refractivity contribution is 0.374. The summed E-state index contributed by atoms with van der Waals surface area (Å²) < 4.78 is 30.4. The number of sulfone groups is 1. The van der Waals surface area contributed by atoms with Crippen LogP contribution in [0.25, 0.3) is 22.0 Å². The van der Waals surface area contributed by atoms with Gasteiger partial charge in [0.15, 0.2) is 21.3 Å². The fourth-order valence-corrected chi connectivity index (χ4v) is 4.70. The van der Waals surface area contributed by atoms with Crippen LogP contribution in [0.4, 0.5) is 11.4 Å². The Balaban J connectivity index is 1.89. The SMILES string of the molecule is CNCc1ccc(Nc2c(S(C)(=O)=O)cnc3ccc(-c4cc(Cl)c(O)c(OC)c4)cc23)cc1. The lowest BCUT2D eigenvalue weighted by atomic mass is 10.0. The molecule has 9 heteroatoms. The Bertz CT molecular complexity index is 1470. The highest BCUT2D eigenvalue weighted by Crippen LogP contribution is 2.40. The van der Waals surface area contributed by atoms with E-state index in [9.17, 15) is 13.5 Å². The zero-order valence-corrected chi connectivity index (χ0v) is 20.5. The molecule has 1 heterocycles. The number of phenols is 1. The second-order valence-electron chi connectivity index (χ2n) is 7.86. The van der Waals surface area contributed by atoms with Crippen LogP contribution < -0.4 is 15.4 Å². The maximum atomic E-state index is 12.6. The molecule has 0 aliphatic heterocycles. The Morgan fingerprint density at radius 1 is 1.06 bits per heavy atom. The van der Waals surface area contributed by atoms with Crippen molar-refractivity contribution in [2.45, 2.75) is 11.4 Å². The van der Waals surface area contributed by atoms with Gasteiger partial charge in [0.2, 0.25) is 0 Å². The number of anilines is 2. The maximum Gasteiger partial charge on any atom is 0.179 e. The highest BCUT2D eigenvalue weighted by Gasteiger charge is 2.19. The number of halogens is 1. The monoisotopic (exact) mass is 497 g/mol. The van der Waals surface area contributed by atoms with Crippen molar-refractivity contribution in [1.29, 1.82) is 0 Å². The van der Waals surface area contributed by atoms with Crippen LogP contribution >= 0.6 is 11.6 Å². The van der Waals surface area contributed by atoms with Crippen molar-refractivity contribution in [2.75, 3.05) is 25.7 Å². The minimum absolute atomic E-state index is 0.0952. The van der Waals surface area contributed by atoms with Crippen molar-refractivity contribution in [3.05, 3.63) is 71.4 Å². The summed E-state index contributed by atoms with van der Waals surface area (Å²) in [7, 11) is -0.248. The molecule has 176 valence electrons. The first kappa shape index (κ1) is 23.8. The third-order valence-electron chi connectivity index (χ3n) is 5.42. The zero-order valence-electron chi connectivity index (χ0n) is 18.9. The number of rotatable bonds is 7. The smallest absolute Gasteiger partial charge is 0.179 e. The predicted molar refractivity (Wildman–Crippen MR) is 136 cm³/mol. The molecule has 0 amide bonds. The number of fused-ring (bicyclic) bond motifs is 1. The molecule has 0 radical (unpaired) electrons. The van der Waals surface area contributed by atoms with Gasteiger partial charge in [-0.2, -0.15) is 0 Å². The molecular weight excluding hydrogens is 474 g/mol. The van der Waals surface area contributed by atoms with Crippen LogP contribution in [-0.4, -0.2) is 38.9 Å². The molecule has 4 rings (SSSR count). The van der Waals surface area contributed by atoms with Gasteiger partial charge < -0.3 is 20.5 Å². The number of hydrogen-bond donors (Lipinski definition) is 3. The predicted octanol–water partition coefficient (Wildman–Crippen LogP) is 5.14. The number of pyridine rings is 1. The Morgan fingerprint density at radius 2 is 1.79 bits per heavy atom. The van der Waals surface area contributed by atoms with Crippen molar-refractivity contribution in [1.82, 2.24) is 10.3 Å². The molecule has 0 atom stereocenters. The van der Waals surface area contributed by atoms with Gasteiger partial charge in [0.25, 0.3) is 0 Å². The molecule has 0 aliphatic carbocycles. The first-order chi connectivity index (χ1) is 16.2. The van der Waals surface area contributed by atoms with Crippen molar-refractivity contribution in [3.63, 3.8) is 0 Å². The molecule has 0 saturated heterocycles. The maximum absolute atomic E-state index is 12.6. The van der Waals surface area contributed by atoms with Gasteiger partial charge in [-0.1, -0.05) is 29.8 Å². The van der Waals surface area contributed by atoms with Gasteiger partial charge in [-0.05, 0) is 60.1 Å². The Labute approximate surface area is 203 Å². The molecule has 4 aromatic rings. The minimum Gasteiger partial charge on any atom is -0.503 e. The normalized spacial score (nSPS) is 11.5. The Kier molecular flexibility index (Phi) is 6.65. The topological polar surface area (TPSA) is 101 Å². The van der Waals surface area contributed by atoms with E-state index in [1.807, 2.05) is 49.5 Å². The van der Waals surface area contributed by atoms with E-state index in [1.54, 1.807) is 12.1 Å². The summed E-state index contributed by atoms with van der Waals surface area (Å²) in [5.74, 6) is 0.101. The average molecular weight is 498 g/mol. The molecule has 0 bridgehead atoms. The number of methoxy groups -OCH3 is 1. The minimum atomic E-state index is -3.57. The van der Waals surface area contributed by atoms with Crippen molar-refractivity contribution in [3.8, 4) is 22.6 Å². The van der Waals surface area contributed by atoms with Crippen LogP contribution in [0.2, 0.25) is 5.02 Å². The largest absolute Gasteiger partial charge is 0.503 e. The molecule has 0 saturated carbocycles. The fourth-order valence-electron chi connectivity index (χ4n) is 3.71. The standard InChI is InChI=1S/C25H24ClN3O4S/c1-27-13-15-4-7-18(8-5-15)29-24-19-10-16(17-11-20(26)25(30)22(12-17)33-2)6-9-21(19)28-14-23(24)34(3,31)32/h4-12,14,27,30H,13H2,1-3H3,(H,28,29). The molecule has 34 heavy (non-hydrogen) atoms. The molecule has 0 aliphatic rings. The highest BCUT2D eigenvalue weighted by molar-refractivity contribution is 7.90. The van der Waals surface area contributed by atoms with Crippen molar-refractivity contribution in [2.24, 2.45) is 0 Å². The first-order valence-corrected chi connectivity index (χ1v) is 12.7. The van der Waals surface area contributed by atoms with Gasteiger partial charge in [0.1, 0.15) is 4.90 Å². The van der Waals surface area contributed by atoms with Crippen LogP contribution in [-0.2, 0) is 16.4 Å². The number of aromatic hydroxyl groups is 1. The molecule has 0 unspecified atom stereocenters. The van der Waals surface area contributed by atoms with Gasteiger partial charge in [-0.3, -0.25) is 4.98 Å². The summed E-state index contributed by atoms with van der Waals surface area (Å²) in [6.45, 7) is 0.731. The summed E-state index contributed by atoms with van der Waals surface area (Å²) >= 11 is 6.19. The van der Waals surface area contributed by atoms with Gasteiger partial charge in [-0.15, -0.1) is 0 Å². The molecule has 0 fully saturated rings. The summed E-state index contributed by atoms with van der Waals surface area (Å²) in [5, 5.41) is 17.2. The molecule has 7 nitrogen and oxygen atoms in total. The fraction of sp³-hybridized carbons (Fsp3) is 0.160. The van der Waals surface area contributed by atoms with Gasteiger partial charge in [0.05, 0.1) is 23.3 Å². The molecule has 3 aromatic carbocycles. The van der Waals surface area contributed by atoms with E-state index in [4.69, 9.17) is 16.3 Å². The Hall–Kier alpha value is -3.33. The summed E-state index contributed by atoms with van der Waals surface area (Å²) in [6, 6.07) is 16.6. The number of benzene rings is 3. The van der Waals surface area contributed by atoms with Crippen molar-refractivity contribution >= 4 is 43.7 Å². The summed E-state index contributed by atoms with van der Waals surface area (Å²) in [6.07, 6.45) is 2.53. The third-order valence-corrected chi connectivity index (χ3v) is 6.82. The summed E-state index contributed by atoms with van der Waals surface area (Å²) in [5.41, 5.74) is 4.38. The van der Waals surface area contributed by atoms with E-state index < -0.39 is 9.84 Å². The van der Waals surface area contributed by atoms with Crippen molar-refractivity contribution < 1.29 is 18.3 Å². The number of nitrogens with zero attached hydrogens (tertiary/aromatic N) is 1. The number of aromatic nitrogens is 1. The second-order valence-corrected chi connectivity index (χ2v) is 10.3. The number of phenolic OH excluding ortho intramolecular Hbond substituents is 1. The highest BCUT2D eigenvalue weighted by atomic mass is 35.5. The van der Waals surface area contributed by atoms with E-state index in [0.29, 0.717) is 22.2 Å². The lowest BCUT2D eigenvalue weighted by Gasteiger charge is -2.16. The molecule has 0 spiro atoms. The lowest BCUT2D eigenvalue weighted by Crippen LogP contribution is -2.06. The van der Waals surface area contributed by atoms with Crippen LogP contribution in [0.15, 0.2) is 65.7 Å². The van der Waals surface area contributed by atoms with Crippen LogP contribution in [0.1, 0.15) is 5.56 Å². The molecule has 3 N–H and O–H groups in total. The second kappa shape index (κ2) is 9.50. The zero-order chi connectivity index (χ0) is 24.5. The summed E-state index contributed by atoms with van der Waals surface area (Å²) in [4.78, 5) is 4.47. The third kappa shape index (κ3) is 4.79. The van der Waals surface area contributed by atoms with E-state index in [2.05, 4.69) is 15.6 Å². The molecule has 1 aromatic heterocycles. The first-order valence-electron chi connectivity index (χ1n) is 10.4. The van der Waals surface area contributed by atoms with E-state index in [1.165, 1.54) is 13.3 Å². The van der Waals surface area contributed by atoms with Crippen LogP contribution in [0.5, 0.6) is 11.5 Å². The van der Waals surface area contributed by atoms with E-state index in [-0.39, 0.29) is 21.4 Å². The van der Waals surface area contributed by atoms with E-state index in [0.717, 1.165) is 29.6 Å². The van der Waals surface area contributed by atoms with Crippen LogP contribution in [0.3, 0.4) is 0 Å². The van der Waals surface area contributed by atoms with E-state index >= 15 is 0 Å². The molecular formula is C25H24ClN3O4S. The van der Waals surface area contributed by atoms with Gasteiger partial charge in [-0.25, -0.2) is 8.42 Å².